The normalized spacial score (nSPS) is 13.2. The minimum absolute atomic E-state index is 0.0571. The van der Waals surface area contributed by atoms with Crippen molar-refractivity contribution >= 4 is 34.4 Å². The van der Waals surface area contributed by atoms with Crippen LogP contribution in [0.15, 0.2) is 23.2 Å². The number of amides is 2. The fourth-order valence-electron chi connectivity index (χ4n) is 1.98. The molecule has 7 N–H and O–H groups in total. The van der Waals surface area contributed by atoms with E-state index in [4.69, 9.17) is 15.5 Å². The van der Waals surface area contributed by atoms with Crippen LogP contribution in [-0.2, 0) is 0 Å². The van der Waals surface area contributed by atoms with Gasteiger partial charge in [-0.15, -0.1) is 0 Å². The van der Waals surface area contributed by atoms with Crippen molar-refractivity contribution < 1.29 is 30.0 Å². The molecule has 1 aromatic rings. The molecule has 2 atom stereocenters. The fraction of sp³-hybridized carbons (Fsp3) is 0.412. The number of hydrogen-bond donors (Lipinski definition) is 7. The first-order valence-electron chi connectivity index (χ1n) is 8.41. The lowest BCUT2D eigenvalue weighted by atomic mass is 10.1. The Bertz CT molecular complexity index is 738. The van der Waals surface area contributed by atoms with Crippen molar-refractivity contribution in [1.29, 1.82) is 5.26 Å². The number of thioether (sulfide) groups is 1. The molecule has 12 heteroatoms. The van der Waals surface area contributed by atoms with Crippen molar-refractivity contribution in [2.75, 3.05) is 32.6 Å². The molecule has 0 bridgehead atoms. The monoisotopic (exact) mass is 425 g/mol. The van der Waals surface area contributed by atoms with Crippen molar-refractivity contribution in [2.45, 2.75) is 12.2 Å². The summed E-state index contributed by atoms with van der Waals surface area (Å²) in [6, 6.07) is 4.06. The summed E-state index contributed by atoms with van der Waals surface area (Å²) in [5, 5.41) is 52.6. The highest BCUT2D eigenvalue weighted by molar-refractivity contribution is 8.13. The minimum atomic E-state index is -1.13. The lowest BCUT2D eigenvalue weighted by Crippen LogP contribution is -2.35. The number of nitrogens with zero attached hydrogens (tertiary/aromatic N) is 2. The molecular formula is C17H23N5O6S. The fourth-order valence-corrected chi connectivity index (χ4v) is 2.33. The van der Waals surface area contributed by atoms with Gasteiger partial charge in [0, 0.05) is 24.2 Å². The Hall–Kier alpha value is -2.69. The molecule has 0 spiro atoms. The predicted octanol–water partition coefficient (Wildman–Crippen LogP) is -1.73. The van der Waals surface area contributed by atoms with Gasteiger partial charge in [-0.05, 0) is 24.5 Å². The molecule has 158 valence electrons. The molecule has 2 amide bonds. The van der Waals surface area contributed by atoms with E-state index >= 15 is 0 Å². The molecule has 0 heterocycles. The average molecular weight is 425 g/mol. The number of aliphatic hydroxyl groups excluding tert-OH is 4. The van der Waals surface area contributed by atoms with E-state index < -0.39 is 37.2 Å². The third-order valence-corrected chi connectivity index (χ3v) is 4.03. The van der Waals surface area contributed by atoms with E-state index in [0.29, 0.717) is 0 Å². The smallest absolute Gasteiger partial charge is 0.251 e. The Morgan fingerprint density at radius 1 is 1.07 bits per heavy atom. The second-order valence-corrected chi connectivity index (χ2v) is 6.51. The molecule has 0 aliphatic rings. The highest BCUT2D eigenvalue weighted by Crippen LogP contribution is 2.20. The lowest BCUT2D eigenvalue weighted by molar-refractivity contribution is 0.0800. The molecule has 0 aliphatic carbocycles. The molecule has 1 aromatic carbocycles. The first kappa shape index (κ1) is 24.3. The van der Waals surface area contributed by atoms with Crippen LogP contribution in [0.3, 0.4) is 0 Å². The van der Waals surface area contributed by atoms with Gasteiger partial charge >= 0.3 is 0 Å². The standard InChI is InChI=1S/C17H23N5O6S/c1-29-17(21-9-18)22-12-3-10(15(27)19-5-13(25)7-23)2-11(4-12)16(28)20-6-14(26)8-24/h2-4,13-14,23-26H,5-8H2,1H3,(H,19,27)(H,20,28)(H,21,22). The number of carbonyl (C=O) groups is 2. The van der Waals surface area contributed by atoms with Gasteiger partial charge in [0.1, 0.15) is 0 Å². The number of aliphatic imine (C=N–C) groups is 1. The van der Waals surface area contributed by atoms with Crippen LogP contribution in [0.4, 0.5) is 5.69 Å². The largest absolute Gasteiger partial charge is 0.394 e. The summed E-state index contributed by atoms with van der Waals surface area (Å²) in [4.78, 5) is 28.9. The van der Waals surface area contributed by atoms with Gasteiger partial charge < -0.3 is 31.1 Å². The number of nitrogens with one attached hydrogen (secondary N) is 3. The molecule has 0 saturated heterocycles. The number of hydrogen-bond acceptors (Lipinski definition) is 9. The molecule has 0 fully saturated rings. The molecule has 2 unspecified atom stereocenters. The highest BCUT2D eigenvalue weighted by Gasteiger charge is 2.15. The summed E-state index contributed by atoms with van der Waals surface area (Å²) in [6.07, 6.45) is 1.14. The average Bonchev–Trinajstić information content (AvgIpc) is 2.74. The van der Waals surface area contributed by atoms with Crippen molar-refractivity contribution in [1.82, 2.24) is 16.0 Å². The van der Waals surface area contributed by atoms with Crippen molar-refractivity contribution in [3.05, 3.63) is 29.3 Å². The van der Waals surface area contributed by atoms with Crippen molar-refractivity contribution in [2.24, 2.45) is 4.99 Å². The lowest BCUT2D eigenvalue weighted by Gasteiger charge is -2.12. The van der Waals surface area contributed by atoms with Gasteiger partial charge in [0.05, 0.1) is 31.1 Å². The summed E-state index contributed by atoms with van der Waals surface area (Å²) in [6.45, 7) is -1.44. The quantitative estimate of drug-likeness (QED) is 0.104. The van der Waals surface area contributed by atoms with E-state index in [-0.39, 0.29) is 35.1 Å². The van der Waals surface area contributed by atoms with Gasteiger partial charge in [-0.1, -0.05) is 11.8 Å². The second-order valence-electron chi connectivity index (χ2n) is 5.72. The Balaban J connectivity index is 3.19. The van der Waals surface area contributed by atoms with E-state index in [1.807, 2.05) is 0 Å². The van der Waals surface area contributed by atoms with Gasteiger partial charge in [0.25, 0.3) is 11.8 Å². The zero-order chi connectivity index (χ0) is 21.8. The third-order valence-electron chi connectivity index (χ3n) is 3.45. The van der Waals surface area contributed by atoms with E-state index in [1.165, 1.54) is 18.2 Å². The number of carbonyl (C=O) groups excluding carboxylic acids is 2. The summed E-state index contributed by atoms with van der Waals surface area (Å²) >= 11 is 1.15. The van der Waals surface area contributed by atoms with Gasteiger partial charge in [-0.25, -0.2) is 4.99 Å². The summed E-state index contributed by atoms with van der Waals surface area (Å²) in [5.74, 6) is -1.23. The SMILES string of the molecule is CSC(=Nc1cc(C(=O)NCC(O)CO)cc(C(=O)NCC(O)CO)c1)NC#N. The summed E-state index contributed by atoms with van der Waals surface area (Å²) in [7, 11) is 0. The number of rotatable bonds is 9. The van der Waals surface area contributed by atoms with Gasteiger partial charge in [-0.2, -0.15) is 5.26 Å². The molecule has 0 radical (unpaired) electrons. The Kier molecular flexibility index (Phi) is 10.7. The van der Waals surface area contributed by atoms with Crippen LogP contribution in [0, 0.1) is 11.5 Å². The van der Waals surface area contributed by atoms with Gasteiger partial charge in [0.2, 0.25) is 0 Å². The Morgan fingerprint density at radius 3 is 1.93 bits per heavy atom. The first-order chi connectivity index (χ1) is 13.8. The molecular weight excluding hydrogens is 402 g/mol. The second kappa shape index (κ2) is 12.7. The predicted molar refractivity (Wildman–Crippen MR) is 107 cm³/mol. The van der Waals surface area contributed by atoms with E-state index in [1.54, 1.807) is 12.4 Å². The maximum Gasteiger partial charge on any atom is 0.251 e. The van der Waals surface area contributed by atoms with Gasteiger partial charge in [0.15, 0.2) is 11.4 Å². The third kappa shape index (κ3) is 8.46. The topological polar surface area (TPSA) is 187 Å². The Morgan fingerprint density at radius 2 is 1.55 bits per heavy atom. The molecule has 0 saturated carbocycles. The van der Waals surface area contributed by atoms with Gasteiger partial charge in [-0.3, -0.25) is 14.9 Å². The molecule has 11 nitrogen and oxygen atoms in total. The first-order valence-corrected chi connectivity index (χ1v) is 9.64. The Labute approximate surface area is 171 Å². The van der Waals surface area contributed by atoms with Crippen molar-refractivity contribution in [3.63, 3.8) is 0 Å². The minimum Gasteiger partial charge on any atom is -0.394 e. The van der Waals surface area contributed by atoms with Crippen LogP contribution in [0.5, 0.6) is 0 Å². The number of amidine groups is 1. The van der Waals surface area contributed by atoms with E-state index in [0.717, 1.165) is 11.8 Å². The van der Waals surface area contributed by atoms with Crippen LogP contribution in [0.2, 0.25) is 0 Å². The molecule has 0 aromatic heterocycles. The maximum absolute atomic E-state index is 12.4. The summed E-state index contributed by atoms with van der Waals surface area (Å²) < 4.78 is 0. The highest BCUT2D eigenvalue weighted by atomic mass is 32.2. The molecule has 29 heavy (non-hydrogen) atoms. The molecule has 1 rings (SSSR count). The van der Waals surface area contributed by atoms with Crippen LogP contribution < -0.4 is 16.0 Å². The summed E-state index contributed by atoms with van der Waals surface area (Å²) in [5.41, 5.74) is 0.323. The zero-order valence-corrected chi connectivity index (χ0v) is 16.4. The number of benzene rings is 1. The molecule has 0 aliphatic heterocycles. The maximum atomic E-state index is 12.4. The van der Waals surface area contributed by atoms with E-state index in [2.05, 4.69) is 20.9 Å². The van der Waals surface area contributed by atoms with Crippen LogP contribution >= 0.6 is 11.8 Å². The van der Waals surface area contributed by atoms with Crippen LogP contribution in [0.25, 0.3) is 0 Å². The van der Waals surface area contributed by atoms with Crippen LogP contribution in [-0.4, -0.2) is 82.2 Å². The zero-order valence-electron chi connectivity index (χ0n) is 15.6. The van der Waals surface area contributed by atoms with E-state index in [9.17, 15) is 19.8 Å². The van der Waals surface area contributed by atoms with Crippen LogP contribution in [0.1, 0.15) is 20.7 Å². The van der Waals surface area contributed by atoms with Crippen molar-refractivity contribution in [3.8, 4) is 6.19 Å². The number of aliphatic hydroxyl groups is 4. The number of nitriles is 1.